The van der Waals surface area contributed by atoms with Crippen molar-refractivity contribution in [1.82, 2.24) is 10.2 Å². The second kappa shape index (κ2) is 10.7. The second-order valence-electron chi connectivity index (χ2n) is 8.54. The molecule has 6 nitrogen and oxygen atoms in total. The summed E-state index contributed by atoms with van der Waals surface area (Å²) in [6.07, 6.45) is 4.94. The van der Waals surface area contributed by atoms with Crippen LogP contribution < -0.4 is 9.62 Å². The van der Waals surface area contributed by atoms with Gasteiger partial charge in [0.15, 0.2) is 0 Å². The minimum atomic E-state index is -3.69. The van der Waals surface area contributed by atoms with E-state index >= 15 is 0 Å². The van der Waals surface area contributed by atoms with E-state index in [4.69, 9.17) is 11.6 Å². The molecule has 1 saturated heterocycles. The Morgan fingerprint density at radius 3 is 2.31 bits per heavy atom. The molecule has 1 heterocycles. The molecule has 1 atom stereocenters. The summed E-state index contributed by atoms with van der Waals surface area (Å²) in [7, 11) is -3.69. The lowest BCUT2D eigenvalue weighted by molar-refractivity contribution is -0.122. The first-order chi connectivity index (χ1) is 15.1. The topological polar surface area (TPSA) is 69.7 Å². The van der Waals surface area contributed by atoms with E-state index < -0.39 is 16.1 Å². The van der Waals surface area contributed by atoms with E-state index in [1.54, 1.807) is 25.1 Å². The van der Waals surface area contributed by atoms with E-state index in [-0.39, 0.29) is 5.91 Å². The Morgan fingerprint density at radius 2 is 1.72 bits per heavy atom. The summed E-state index contributed by atoms with van der Waals surface area (Å²) < 4.78 is 26.0. The number of hydrogen-bond donors (Lipinski definition) is 1. The number of piperidine rings is 1. The van der Waals surface area contributed by atoms with Gasteiger partial charge in [0.25, 0.3) is 0 Å². The maximum absolute atomic E-state index is 12.8. The highest BCUT2D eigenvalue weighted by Crippen LogP contribution is 2.26. The molecule has 0 saturated carbocycles. The number of anilines is 1. The fourth-order valence-electron chi connectivity index (χ4n) is 4.00. The van der Waals surface area contributed by atoms with Crippen LogP contribution in [0.5, 0.6) is 0 Å². The third-order valence-electron chi connectivity index (χ3n) is 5.84. The van der Waals surface area contributed by atoms with Gasteiger partial charge >= 0.3 is 0 Å². The van der Waals surface area contributed by atoms with Crippen molar-refractivity contribution in [1.29, 1.82) is 0 Å². The number of benzene rings is 2. The molecule has 0 bridgehead atoms. The van der Waals surface area contributed by atoms with Crippen molar-refractivity contribution < 1.29 is 13.2 Å². The highest BCUT2D eigenvalue weighted by atomic mass is 35.5. The Hall–Kier alpha value is -2.09. The summed E-state index contributed by atoms with van der Waals surface area (Å²) in [5.41, 5.74) is 3.43. The number of hydrogen-bond acceptors (Lipinski definition) is 4. The summed E-state index contributed by atoms with van der Waals surface area (Å²) >= 11 is 6.18. The van der Waals surface area contributed by atoms with E-state index in [1.807, 2.05) is 19.1 Å². The smallest absolute Gasteiger partial charge is 0.243 e. The van der Waals surface area contributed by atoms with E-state index in [0.717, 1.165) is 41.3 Å². The SMILES string of the molecule is Cc1ccc(N([C@H](C)C(=O)NCc2ccc(CN3CCCCC3)cc2)S(C)(=O)=O)cc1Cl. The summed E-state index contributed by atoms with van der Waals surface area (Å²) in [6, 6.07) is 12.3. The quantitative estimate of drug-likeness (QED) is 0.621. The van der Waals surface area contributed by atoms with Gasteiger partial charge in [-0.15, -0.1) is 0 Å². The molecule has 1 N–H and O–H groups in total. The van der Waals surface area contributed by atoms with Gasteiger partial charge < -0.3 is 5.32 Å². The van der Waals surface area contributed by atoms with Crippen LogP contribution in [0.1, 0.15) is 42.9 Å². The van der Waals surface area contributed by atoms with Crippen LogP contribution in [0.2, 0.25) is 5.02 Å². The van der Waals surface area contributed by atoms with Crippen LogP contribution in [0.15, 0.2) is 42.5 Å². The van der Waals surface area contributed by atoms with Crippen molar-refractivity contribution in [3.63, 3.8) is 0 Å². The first kappa shape index (κ1) is 24.6. The second-order valence-corrected chi connectivity index (χ2v) is 10.8. The zero-order valence-corrected chi connectivity index (χ0v) is 20.5. The van der Waals surface area contributed by atoms with Gasteiger partial charge in [0, 0.05) is 18.1 Å². The molecule has 0 aliphatic carbocycles. The van der Waals surface area contributed by atoms with E-state index in [0.29, 0.717) is 17.3 Å². The summed E-state index contributed by atoms with van der Waals surface area (Å²) in [4.78, 5) is 15.3. The number of nitrogens with one attached hydrogen (secondary N) is 1. The van der Waals surface area contributed by atoms with Crippen LogP contribution in [-0.4, -0.2) is 44.6 Å². The Balaban J connectivity index is 1.62. The molecule has 0 aromatic heterocycles. The number of nitrogens with zero attached hydrogens (tertiary/aromatic N) is 2. The van der Waals surface area contributed by atoms with Gasteiger partial charge in [-0.05, 0) is 68.6 Å². The van der Waals surface area contributed by atoms with Gasteiger partial charge in [-0.2, -0.15) is 0 Å². The molecule has 174 valence electrons. The van der Waals surface area contributed by atoms with Crippen molar-refractivity contribution in [3.05, 3.63) is 64.2 Å². The van der Waals surface area contributed by atoms with Gasteiger partial charge in [0.1, 0.15) is 6.04 Å². The monoisotopic (exact) mass is 477 g/mol. The Labute approximate surface area is 196 Å². The molecule has 2 aromatic rings. The van der Waals surface area contributed by atoms with Crippen LogP contribution in [-0.2, 0) is 27.9 Å². The number of halogens is 1. The van der Waals surface area contributed by atoms with Gasteiger partial charge in [-0.25, -0.2) is 8.42 Å². The molecule has 1 aliphatic rings. The maximum Gasteiger partial charge on any atom is 0.243 e. The van der Waals surface area contributed by atoms with E-state index in [2.05, 4.69) is 22.3 Å². The van der Waals surface area contributed by atoms with Crippen LogP contribution in [0, 0.1) is 6.92 Å². The highest BCUT2D eigenvalue weighted by Gasteiger charge is 2.29. The van der Waals surface area contributed by atoms with Crippen molar-refractivity contribution in [2.24, 2.45) is 0 Å². The third-order valence-corrected chi connectivity index (χ3v) is 7.49. The number of carbonyl (C=O) groups is 1. The number of carbonyl (C=O) groups excluding carboxylic acids is 1. The van der Waals surface area contributed by atoms with Crippen molar-refractivity contribution >= 4 is 33.2 Å². The minimum absolute atomic E-state index is 0.333. The van der Waals surface area contributed by atoms with Crippen LogP contribution in [0.4, 0.5) is 5.69 Å². The minimum Gasteiger partial charge on any atom is -0.350 e. The number of likely N-dealkylation sites (tertiary alicyclic amines) is 1. The molecule has 1 aliphatic heterocycles. The van der Waals surface area contributed by atoms with Gasteiger partial charge in [0.05, 0.1) is 11.9 Å². The Bertz CT molecular complexity index is 1030. The van der Waals surface area contributed by atoms with Crippen LogP contribution in [0.25, 0.3) is 0 Å². The van der Waals surface area contributed by atoms with Crippen molar-refractivity contribution in [2.75, 3.05) is 23.7 Å². The molecular formula is C24H32ClN3O3S. The van der Waals surface area contributed by atoms with Crippen LogP contribution >= 0.6 is 11.6 Å². The van der Waals surface area contributed by atoms with Crippen molar-refractivity contribution in [3.8, 4) is 0 Å². The van der Waals surface area contributed by atoms with Crippen LogP contribution in [0.3, 0.4) is 0 Å². The fraction of sp³-hybridized carbons (Fsp3) is 0.458. The average molecular weight is 478 g/mol. The van der Waals surface area contributed by atoms with Crippen molar-refractivity contribution in [2.45, 2.75) is 52.2 Å². The predicted octanol–water partition coefficient (Wildman–Crippen LogP) is 4.11. The average Bonchev–Trinajstić information content (AvgIpc) is 2.75. The lowest BCUT2D eigenvalue weighted by Gasteiger charge is -2.28. The van der Waals surface area contributed by atoms with E-state index in [9.17, 15) is 13.2 Å². The first-order valence-corrected chi connectivity index (χ1v) is 13.2. The highest BCUT2D eigenvalue weighted by molar-refractivity contribution is 7.92. The molecular weight excluding hydrogens is 446 g/mol. The molecule has 0 unspecified atom stereocenters. The van der Waals surface area contributed by atoms with Gasteiger partial charge in [-0.3, -0.25) is 14.0 Å². The Morgan fingerprint density at radius 1 is 1.09 bits per heavy atom. The third kappa shape index (κ3) is 6.47. The molecule has 2 aromatic carbocycles. The fourth-order valence-corrected chi connectivity index (χ4v) is 5.34. The maximum atomic E-state index is 12.8. The summed E-state index contributed by atoms with van der Waals surface area (Å²) in [5, 5.41) is 3.31. The number of sulfonamides is 1. The van der Waals surface area contributed by atoms with Gasteiger partial charge in [-0.1, -0.05) is 48.4 Å². The molecule has 1 amide bonds. The molecule has 32 heavy (non-hydrogen) atoms. The van der Waals surface area contributed by atoms with E-state index in [1.165, 1.54) is 24.8 Å². The molecule has 0 spiro atoms. The van der Waals surface area contributed by atoms with Gasteiger partial charge in [0.2, 0.25) is 15.9 Å². The molecule has 3 rings (SSSR count). The number of amides is 1. The zero-order chi connectivity index (χ0) is 23.3. The molecule has 0 radical (unpaired) electrons. The zero-order valence-electron chi connectivity index (χ0n) is 19.0. The summed E-state index contributed by atoms with van der Waals surface area (Å²) in [5.74, 6) is -0.371. The lowest BCUT2D eigenvalue weighted by atomic mass is 10.1. The largest absolute Gasteiger partial charge is 0.350 e. The standard InChI is InChI=1S/C24H32ClN3O3S/c1-18-7-12-22(15-23(18)25)28(32(3,30)31)19(2)24(29)26-16-20-8-10-21(11-9-20)17-27-13-5-4-6-14-27/h7-12,15,19H,4-6,13-14,16-17H2,1-3H3,(H,26,29)/t19-/m1/s1. The number of aryl methyl sites for hydroxylation is 1. The number of rotatable bonds is 8. The predicted molar refractivity (Wildman–Crippen MR) is 130 cm³/mol. The normalized spacial score (nSPS) is 15.9. The summed E-state index contributed by atoms with van der Waals surface area (Å²) in [6.45, 7) is 7.00. The molecule has 1 fully saturated rings. The Kier molecular flexibility index (Phi) is 8.20. The lowest BCUT2D eigenvalue weighted by Crippen LogP contribution is -2.47. The molecule has 8 heteroatoms. The first-order valence-electron chi connectivity index (χ1n) is 11.0.